The standard InChI is InChI=1S/C18H19N5O/c1-12(21-16-11-19-9-10-20-16)13-5-7-14(8-6-13)17-22-18(24-23-17)15-3-2-4-15/h5-12,15H,2-4H2,1H3,(H,20,21). The number of rotatable bonds is 5. The van der Waals surface area contributed by atoms with Crippen LogP contribution >= 0.6 is 0 Å². The molecule has 1 N–H and O–H groups in total. The number of hydrogen-bond donors (Lipinski definition) is 1. The van der Waals surface area contributed by atoms with Crippen LogP contribution in [0.3, 0.4) is 0 Å². The molecule has 0 saturated heterocycles. The Kier molecular flexibility index (Phi) is 3.94. The Labute approximate surface area is 140 Å². The lowest BCUT2D eigenvalue weighted by Gasteiger charge is -2.20. The van der Waals surface area contributed by atoms with Gasteiger partial charge in [0, 0.05) is 29.9 Å². The zero-order chi connectivity index (χ0) is 16.4. The first-order chi connectivity index (χ1) is 11.8. The van der Waals surface area contributed by atoms with E-state index < -0.39 is 0 Å². The molecule has 6 nitrogen and oxygen atoms in total. The van der Waals surface area contributed by atoms with Crippen LogP contribution in [0.25, 0.3) is 11.4 Å². The summed E-state index contributed by atoms with van der Waals surface area (Å²) in [7, 11) is 0. The van der Waals surface area contributed by atoms with Crippen LogP contribution in [0.4, 0.5) is 5.82 Å². The van der Waals surface area contributed by atoms with Crippen LogP contribution in [-0.2, 0) is 0 Å². The van der Waals surface area contributed by atoms with E-state index in [1.807, 2.05) is 12.1 Å². The van der Waals surface area contributed by atoms with Crippen LogP contribution in [-0.4, -0.2) is 20.1 Å². The molecule has 1 atom stereocenters. The lowest BCUT2D eigenvalue weighted by Crippen LogP contribution is -2.08. The van der Waals surface area contributed by atoms with Gasteiger partial charge in [0.1, 0.15) is 5.82 Å². The quantitative estimate of drug-likeness (QED) is 0.766. The van der Waals surface area contributed by atoms with Gasteiger partial charge in [0.2, 0.25) is 11.7 Å². The predicted octanol–water partition coefficient (Wildman–Crippen LogP) is 3.97. The minimum absolute atomic E-state index is 0.131. The first kappa shape index (κ1) is 14.8. The van der Waals surface area contributed by atoms with E-state index in [0.717, 1.165) is 35.7 Å². The summed E-state index contributed by atoms with van der Waals surface area (Å²) in [5.74, 6) is 2.66. The molecule has 0 spiro atoms. The van der Waals surface area contributed by atoms with E-state index in [9.17, 15) is 0 Å². The van der Waals surface area contributed by atoms with Crippen molar-refractivity contribution in [1.29, 1.82) is 0 Å². The summed E-state index contributed by atoms with van der Waals surface area (Å²) in [4.78, 5) is 12.8. The van der Waals surface area contributed by atoms with Crippen molar-refractivity contribution in [3.63, 3.8) is 0 Å². The monoisotopic (exact) mass is 321 g/mol. The van der Waals surface area contributed by atoms with Crippen molar-refractivity contribution in [2.24, 2.45) is 0 Å². The van der Waals surface area contributed by atoms with Crippen LogP contribution in [0, 0.1) is 0 Å². The molecule has 1 unspecified atom stereocenters. The van der Waals surface area contributed by atoms with Gasteiger partial charge in [0.15, 0.2) is 0 Å². The minimum Gasteiger partial charge on any atom is -0.362 e. The fraction of sp³-hybridized carbons (Fsp3) is 0.333. The van der Waals surface area contributed by atoms with Crippen molar-refractivity contribution in [2.75, 3.05) is 5.32 Å². The van der Waals surface area contributed by atoms with Gasteiger partial charge in [-0.2, -0.15) is 4.98 Å². The van der Waals surface area contributed by atoms with Crippen LogP contribution < -0.4 is 5.32 Å². The highest BCUT2D eigenvalue weighted by molar-refractivity contribution is 5.55. The maximum atomic E-state index is 5.39. The van der Waals surface area contributed by atoms with E-state index in [0.29, 0.717) is 11.7 Å². The van der Waals surface area contributed by atoms with Crippen molar-refractivity contribution in [3.8, 4) is 11.4 Å². The zero-order valence-corrected chi connectivity index (χ0v) is 13.5. The Bertz CT molecular complexity index is 796. The third-order valence-corrected chi connectivity index (χ3v) is 4.49. The van der Waals surface area contributed by atoms with E-state index in [4.69, 9.17) is 4.52 Å². The summed E-state index contributed by atoms with van der Waals surface area (Å²) in [6, 6.07) is 8.33. The van der Waals surface area contributed by atoms with Gasteiger partial charge in [0.05, 0.1) is 6.20 Å². The van der Waals surface area contributed by atoms with Crippen molar-refractivity contribution in [1.82, 2.24) is 20.1 Å². The van der Waals surface area contributed by atoms with Gasteiger partial charge < -0.3 is 9.84 Å². The molecule has 2 aromatic heterocycles. The lowest BCUT2D eigenvalue weighted by molar-refractivity contribution is 0.292. The highest BCUT2D eigenvalue weighted by atomic mass is 16.5. The van der Waals surface area contributed by atoms with Gasteiger partial charge >= 0.3 is 0 Å². The molecule has 1 aromatic carbocycles. The first-order valence-electron chi connectivity index (χ1n) is 8.26. The third-order valence-electron chi connectivity index (χ3n) is 4.49. The summed E-state index contributed by atoms with van der Waals surface area (Å²) in [5, 5.41) is 7.44. The van der Waals surface area contributed by atoms with Gasteiger partial charge in [-0.1, -0.05) is 35.8 Å². The van der Waals surface area contributed by atoms with E-state index in [-0.39, 0.29) is 6.04 Å². The van der Waals surface area contributed by atoms with Crippen molar-refractivity contribution in [3.05, 3.63) is 54.3 Å². The van der Waals surface area contributed by atoms with Crippen molar-refractivity contribution >= 4 is 5.82 Å². The average molecular weight is 321 g/mol. The number of nitrogens with one attached hydrogen (secondary N) is 1. The van der Waals surface area contributed by atoms with Crippen LogP contribution in [0.15, 0.2) is 47.4 Å². The Balaban J connectivity index is 1.46. The summed E-state index contributed by atoms with van der Waals surface area (Å²) in [6.45, 7) is 2.09. The highest BCUT2D eigenvalue weighted by Crippen LogP contribution is 2.36. The molecule has 6 heteroatoms. The molecule has 0 amide bonds. The normalized spacial score (nSPS) is 15.7. The first-order valence-corrected chi connectivity index (χ1v) is 8.26. The molecule has 3 aromatic rings. The Morgan fingerprint density at radius 1 is 1.17 bits per heavy atom. The topological polar surface area (TPSA) is 76.7 Å². The molecule has 2 heterocycles. The second kappa shape index (κ2) is 6.39. The Hall–Kier alpha value is -2.76. The zero-order valence-electron chi connectivity index (χ0n) is 13.5. The molecular formula is C18H19N5O. The van der Waals surface area contributed by atoms with E-state index in [1.54, 1.807) is 18.6 Å². The van der Waals surface area contributed by atoms with Gasteiger partial charge in [-0.3, -0.25) is 4.98 Å². The van der Waals surface area contributed by atoms with Gasteiger partial charge in [0.25, 0.3) is 0 Å². The van der Waals surface area contributed by atoms with Gasteiger partial charge in [-0.05, 0) is 25.3 Å². The largest absolute Gasteiger partial charge is 0.362 e. The second-order valence-corrected chi connectivity index (χ2v) is 6.16. The number of aromatic nitrogens is 4. The molecule has 0 aliphatic heterocycles. The molecule has 4 rings (SSSR count). The van der Waals surface area contributed by atoms with Crippen molar-refractivity contribution < 1.29 is 4.52 Å². The number of anilines is 1. The minimum atomic E-state index is 0.131. The maximum absolute atomic E-state index is 5.39. The third kappa shape index (κ3) is 2.99. The van der Waals surface area contributed by atoms with Crippen LogP contribution in [0.1, 0.15) is 49.6 Å². The lowest BCUT2D eigenvalue weighted by atomic mass is 9.85. The Morgan fingerprint density at radius 3 is 2.67 bits per heavy atom. The predicted molar refractivity (Wildman–Crippen MR) is 90.4 cm³/mol. The summed E-state index contributed by atoms with van der Waals surface area (Å²) >= 11 is 0. The Morgan fingerprint density at radius 2 is 2.00 bits per heavy atom. The second-order valence-electron chi connectivity index (χ2n) is 6.16. The van der Waals surface area contributed by atoms with E-state index in [2.05, 4.69) is 44.5 Å². The number of benzene rings is 1. The molecule has 0 radical (unpaired) electrons. The van der Waals surface area contributed by atoms with Crippen LogP contribution in [0.2, 0.25) is 0 Å². The fourth-order valence-electron chi connectivity index (χ4n) is 2.77. The highest BCUT2D eigenvalue weighted by Gasteiger charge is 2.25. The molecule has 1 aliphatic rings. The van der Waals surface area contributed by atoms with E-state index >= 15 is 0 Å². The van der Waals surface area contributed by atoms with Gasteiger partial charge in [-0.15, -0.1) is 0 Å². The molecule has 1 fully saturated rings. The van der Waals surface area contributed by atoms with Crippen molar-refractivity contribution in [2.45, 2.75) is 38.1 Å². The molecule has 24 heavy (non-hydrogen) atoms. The van der Waals surface area contributed by atoms with Crippen LogP contribution in [0.5, 0.6) is 0 Å². The molecule has 0 bridgehead atoms. The fourth-order valence-corrected chi connectivity index (χ4v) is 2.77. The molecule has 1 aliphatic carbocycles. The van der Waals surface area contributed by atoms with Gasteiger partial charge in [-0.25, -0.2) is 4.98 Å². The smallest absolute Gasteiger partial charge is 0.230 e. The average Bonchev–Trinajstić information content (AvgIpc) is 3.04. The van der Waals surface area contributed by atoms with E-state index in [1.165, 1.54) is 6.42 Å². The summed E-state index contributed by atoms with van der Waals surface area (Å²) < 4.78 is 5.39. The number of nitrogens with zero attached hydrogens (tertiary/aromatic N) is 4. The number of hydrogen-bond acceptors (Lipinski definition) is 6. The summed E-state index contributed by atoms with van der Waals surface area (Å²) in [6.07, 6.45) is 8.62. The maximum Gasteiger partial charge on any atom is 0.230 e. The molecule has 1 saturated carbocycles. The SMILES string of the molecule is CC(Nc1cnccn1)c1ccc(-c2noc(C3CCC3)n2)cc1. The molecular weight excluding hydrogens is 302 g/mol. The molecule has 122 valence electrons. The summed E-state index contributed by atoms with van der Waals surface area (Å²) in [5.41, 5.74) is 2.13.